The molecule has 0 unspecified atom stereocenters. The molecule has 7 rings (SSSR count). The number of rotatable bonds is 8. The van der Waals surface area contributed by atoms with Crippen LogP contribution in [0.4, 0.5) is 0 Å². The summed E-state index contributed by atoms with van der Waals surface area (Å²) in [5.41, 5.74) is 10.5. The summed E-state index contributed by atoms with van der Waals surface area (Å²) in [6.45, 7) is 29.6. The second kappa shape index (κ2) is 15.3. The molecule has 0 amide bonds. The van der Waals surface area contributed by atoms with Gasteiger partial charge in [-0.2, -0.15) is 0 Å². The second-order valence-electron chi connectivity index (χ2n) is 18.6. The van der Waals surface area contributed by atoms with Crippen molar-refractivity contribution in [3.63, 3.8) is 0 Å². The number of pyridine rings is 1. The predicted molar refractivity (Wildman–Crippen MR) is 230 cm³/mol. The Bertz CT molecular complexity index is 2410. The summed E-state index contributed by atoms with van der Waals surface area (Å²) >= 11 is 0. The molecule has 3 heterocycles. The van der Waals surface area contributed by atoms with E-state index in [9.17, 15) is 0 Å². The predicted octanol–water partition coefficient (Wildman–Crippen LogP) is 13.3. The Hall–Kier alpha value is -4.21. The zero-order chi connectivity index (χ0) is 39.6. The molecule has 1 aliphatic rings. The first kappa shape index (κ1) is 41.4. The zero-order valence-corrected chi connectivity index (χ0v) is 37.7. The fourth-order valence-corrected chi connectivity index (χ4v) is 7.50. The first-order valence-electron chi connectivity index (χ1n) is 19.9. The minimum absolute atomic E-state index is 0. The Morgan fingerprint density at radius 1 is 0.750 bits per heavy atom. The van der Waals surface area contributed by atoms with Crippen molar-refractivity contribution in [1.29, 1.82) is 0 Å². The Balaban J connectivity index is 0.00000532. The Kier molecular flexibility index (Phi) is 11.3. The molecule has 0 radical (unpaired) electrons. The summed E-state index contributed by atoms with van der Waals surface area (Å²) < 4.78 is 15.5. The van der Waals surface area contributed by atoms with Crippen LogP contribution in [0.1, 0.15) is 130 Å². The SMILES string of the molecule is CC(C)c1cccc(C(C)C)c1-c1cc(Oc2[c-]c(-n3c4ccc(C(C)(C)C)cc4c4cccnc43)cc(C(C)(C)C)c2)[c-]c(C2=N[C@](C)(C(C)C)CO2)c1.[Pt+2]. The van der Waals surface area contributed by atoms with E-state index in [2.05, 4.69) is 173 Å². The summed E-state index contributed by atoms with van der Waals surface area (Å²) in [5.74, 6) is 2.79. The molecule has 0 saturated carbocycles. The number of ether oxygens (including phenoxy) is 2. The van der Waals surface area contributed by atoms with E-state index < -0.39 is 0 Å². The van der Waals surface area contributed by atoms with Gasteiger partial charge in [-0.1, -0.05) is 136 Å². The van der Waals surface area contributed by atoms with Gasteiger partial charge >= 0.3 is 21.1 Å². The third-order valence-corrected chi connectivity index (χ3v) is 11.4. The van der Waals surface area contributed by atoms with Gasteiger partial charge in [-0.05, 0) is 82.0 Å². The van der Waals surface area contributed by atoms with Crippen LogP contribution in [0.15, 0.2) is 84.0 Å². The molecule has 6 heteroatoms. The van der Waals surface area contributed by atoms with Crippen molar-refractivity contribution >= 4 is 27.8 Å². The summed E-state index contributed by atoms with van der Waals surface area (Å²) in [6, 6.07) is 33.6. The van der Waals surface area contributed by atoms with Crippen LogP contribution >= 0.6 is 0 Å². The number of hydrogen-bond acceptors (Lipinski definition) is 4. The van der Waals surface area contributed by atoms with Crippen LogP contribution in [0.25, 0.3) is 38.8 Å². The van der Waals surface area contributed by atoms with Crippen molar-refractivity contribution in [2.75, 3.05) is 6.61 Å². The minimum Gasteiger partial charge on any atom is -0.518 e. The quantitative estimate of drug-likeness (QED) is 0.143. The van der Waals surface area contributed by atoms with E-state index in [1.54, 1.807) is 0 Å². The van der Waals surface area contributed by atoms with E-state index in [0.717, 1.165) is 38.9 Å². The molecule has 0 aliphatic carbocycles. The van der Waals surface area contributed by atoms with Gasteiger partial charge in [0, 0.05) is 28.5 Å². The summed E-state index contributed by atoms with van der Waals surface area (Å²) in [4.78, 5) is 10.1. The van der Waals surface area contributed by atoms with Gasteiger partial charge in [0.2, 0.25) is 0 Å². The van der Waals surface area contributed by atoms with Gasteiger partial charge in [-0.15, -0.1) is 29.8 Å². The smallest absolute Gasteiger partial charge is 0.518 e. The first-order chi connectivity index (χ1) is 25.8. The monoisotopic (exact) mass is 926 g/mol. The van der Waals surface area contributed by atoms with Gasteiger partial charge < -0.3 is 14.0 Å². The molecule has 2 aromatic heterocycles. The van der Waals surface area contributed by atoms with Crippen LogP contribution in [0.5, 0.6) is 11.5 Å². The topological polar surface area (TPSA) is 48.6 Å². The van der Waals surface area contributed by atoms with E-state index in [1.165, 1.54) is 27.6 Å². The summed E-state index contributed by atoms with van der Waals surface area (Å²) in [5, 5.41) is 2.29. The number of aromatic nitrogens is 2. The molecule has 6 aromatic rings. The van der Waals surface area contributed by atoms with Crippen molar-refractivity contribution in [3.05, 3.63) is 119 Å². The van der Waals surface area contributed by atoms with Crippen molar-refractivity contribution < 1.29 is 30.5 Å². The maximum Gasteiger partial charge on any atom is 2.00 e. The van der Waals surface area contributed by atoms with Gasteiger partial charge in [0.05, 0.1) is 11.1 Å². The van der Waals surface area contributed by atoms with E-state index in [0.29, 0.717) is 41.8 Å². The number of nitrogens with zero attached hydrogens (tertiary/aromatic N) is 3. The van der Waals surface area contributed by atoms with Crippen molar-refractivity contribution in [3.8, 4) is 28.3 Å². The Morgan fingerprint density at radius 3 is 2.02 bits per heavy atom. The number of hydrogen-bond donors (Lipinski definition) is 0. The fraction of sp³-hybridized carbons (Fsp3) is 0.400. The molecule has 0 fully saturated rings. The average Bonchev–Trinajstić information content (AvgIpc) is 3.69. The molecule has 56 heavy (non-hydrogen) atoms. The van der Waals surface area contributed by atoms with Gasteiger partial charge in [0.1, 0.15) is 18.2 Å². The molecular formula is C50H57N3O2Pt. The van der Waals surface area contributed by atoms with E-state index >= 15 is 0 Å². The molecule has 5 nitrogen and oxygen atoms in total. The molecule has 0 saturated heterocycles. The molecule has 1 atom stereocenters. The standard InChI is InChI=1S/C50H57N3O2.Pt/c1-30(2)40-16-14-17-41(31(3)4)45(40)33-22-34(47-52-50(13,29-54-47)32(5)6)24-38(23-33)55-39-26-36(49(10,11)12)25-37(28-39)53-44-20-19-35(48(7,8)9)27-43(44)42-18-15-21-51-46(42)53;/h14-23,25-27,30-32H,29H2,1-13H3;/q-2;+2/t50-;/m0./s1. The average molecular weight is 927 g/mol. The normalized spacial score (nSPS) is 16.2. The second-order valence-corrected chi connectivity index (χ2v) is 18.6. The molecular weight excluding hydrogens is 870 g/mol. The molecule has 0 N–H and O–H groups in total. The molecule has 4 aromatic carbocycles. The van der Waals surface area contributed by atoms with Crippen LogP contribution in [-0.4, -0.2) is 27.6 Å². The van der Waals surface area contributed by atoms with Crippen LogP contribution in [0.2, 0.25) is 0 Å². The van der Waals surface area contributed by atoms with Crippen LogP contribution in [0, 0.1) is 18.1 Å². The summed E-state index contributed by atoms with van der Waals surface area (Å²) in [6.07, 6.45) is 1.87. The van der Waals surface area contributed by atoms with Crippen LogP contribution < -0.4 is 4.74 Å². The zero-order valence-electron chi connectivity index (χ0n) is 35.4. The van der Waals surface area contributed by atoms with E-state index in [4.69, 9.17) is 19.5 Å². The third kappa shape index (κ3) is 7.86. The number of aliphatic imine (C=N–C) groups is 1. The minimum atomic E-state index is -0.313. The Labute approximate surface area is 349 Å². The largest absolute Gasteiger partial charge is 2.00 e. The van der Waals surface area contributed by atoms with E-state index in [-0.39, 0.29) is 37.4 Å². The van der Waals surface area contributed by atoms with Gasteiger partial charge in [-0.3, -0.25) is 4.99 Å². The molecule has 294 valence electrons. The Morgan fingerprint density at radius 2 is 1.41 bits per heavy atom. The molecule has 1 aliphatic heterocycles. The van der Waals surface area contributed by atoms with Crippen LogP contribution in [0.3, 0.4) is 0 Å². The first-order valence-corrected chi connectivity index (χ1v) is 19.9. The van der Waals surface area contributed by atoms with Crippen molar-refractivity contribution in [2.45, 2.75) is 118 Å². The summed E-state index contributed by atoms with van der Waals surface area (Å²) in [7, 11) is 0. The van der Waals surface area contributed by atoms with E-state index in [1.807, 2.05) is 12.3 Å². The van der Waals surface area contributed by atoms with Crippen LogP contribution in [-0.2, 0) is 36.6 Å². The van der Waals surface area contributed by atoms with Gasteiger partial charge in [0.15, 0.2) is 0 Å². The van der Waals surface area contributed by atoms with Gasteiger partial charge in [-0.25, -0.2) is 4.98 Å². The number of fused-ring (bicyclic) bond motifs is 3. The third-order valence-electron chi connectivity index (χ3n) is 11.4. The van der Waals surface area contributed by atoms with Gasteiger partial charge in [0.25, 0.3) is 0 Å². The van der Waals surface area contributed by atoms with Crippen molar-refractivity contribution in [2.24, 2.45) is 10.9 Å². The number of benzene rings is 4. The molecule has 0 bridgehead atoms. The maximum absolute atomic E-state index is 6.95. The van der Waals surface area contributed by atoms with Crippen molar-refractivity contribution in [1.82, 2.24) is 9.55 Å². The fourth-order valence-electron chi connectivity index (χ4n) is 7.50. The molecule has 0 spiro atoms. The maximum atomic E-state index is 6.95.